The number of benzene rings is 1. The molecule has 5 heteroatoms. The number of amides is 1. The van der Waals surface area contributed by atoms with Crippen LogP contribution in [0, 0.1) is 11.6 Å². The van der Waals surface area contributed by atoms with Crippen LogP contribution in [0.3, 0.4) is 0 Å². The van der Waals surface area contributed by atoms with Crippen molar-refractivity contribution < 1.29 is 13.6 Å². The molecule has 0 saturated carbocycles. The Balaban J connectivity index is 2.67. The summed E-state index contributed by atoms with van der Waals surface area (Å²) in [6.45, 7) is 9.87. The fourth-order valence-corrected chi connectivity index (χ4v) is 2.27. The van der Waals surface area contributed by atoms with E-state index in [4.69, 9.17) is 0 Å². The van der Waals surface area contributed by atoms with Crippen molar-refractivity contribution in [3.8, 4) is 0 Å². The summed E-state index contributed by atoms with van der Waals surface area (Å²) in [4.78, 5) is 16.1. The van der Waals surface area contributed by atoms with Gasteiger partial charge in [-0.3, -0.25) is 4.79 Å². The second-order valence-electron chi connectivity index (χ2n) is 4.87. The van der Waals surface area contributed by atoms with E-state index in [1.54, 1.807) is 4.90 Å². The standard InChI is InChI=1S/C16H24F2N2O/c1-4-19(5-2)11-8-12-20(6-3)16(21)13-9-7-10-14(17)15(13)18/h7,9-10H,4-6,8,11-12H2,1-3H3. The van der Waals surface area contributed by atoms with Crippen molar-refractivity contribution in [2.75, 3.05) is 32.7 Å². The molecule has 1 rings (SSSR count). The smallest absolute Gasteiger partial charge is 0.256 e. The maximum Gasteiger partial charge on any atom is 0.256 e. The van der Waals surface area contributed by atoms with Crippen molar-refractivity contribution in [2.24, 2.45) is 0 Å². The zero-order valence-corrected chi connectivity index (χ0v) is 13.0. The molecule has 0 heterocycles. The molecule has 0 atom stereocenters. The fourth-order valence-electron chi connectivity index (χ4n) is 2.27. The van der Waals surface area contributed by atoms with Gasteiger partial charge < -0.3 is 9.80 Å². The van der Waals surface area contributed by atoms with E-state index in [0.717, 1.165) is 32.1 Å². The van der Waals surface area contributed by atoms with Crippen LogP contribution >= 0.6 is 0 Å². The molecule has 0 spiro atoms. The van der Waals surface area contributed by atoms with Crippen LogP contribution < -0.4 is 0 Å². The minimum atomic E-state index is -1.07. The van der Waals surface area contributed by atoms with Gasteiger partial charge in [0.2, 0.25) is 0 Å². The molecule has 0 saturated heterocycles. The van der Waals surface area contributed by atoms with Gasteiger partial charge in [0.05, 0.1) is 5.56 Å². The lowest BCUT2D eigenvalue weighted by Crippen LogP contribution is -2.35. The number of rotatable bonds is 8. The highest BCUT2D eigenvalue weighted by Crippen LogP contribution is 2.14. The van der Waals surface area contributed by atoms with Crippen LogP contribution in [0.2, 0.25) is 0 Å². The van der Waals surface area contributed by atoms with Gasteiger partial charge in [-0.05, 0) is 45.1 Å². The van der Waals surface area contributed by atoms with Gasteiger partial charge in [0.15, 0.2) is 11.6 Å². The Kier molecular flexibility index (Phi) is 7.29. The van der Waals surface area contributed by atoms with Crippen LogP contribution in [-0.4, -0.2) is 48.4 Å². The Bertz CT molecular complexity index is 462. The van der Waals surface area contributed by atoms with Gasteiger partial charge in [-0.15, -0.1) is 0 Å². The maximum atomic E-state index is 13.7. The van der Waals surface area contributed by atoms with Crippen molar-refractivity contribution in [3.63, 3.8) is 0 Å². The second kappa shape index (κ2) is 8.72. The zero-order valence-electron chi connectivity index (χ0n) is 13.0. The van der Waals surface area contributed by atoms with Crippen molar-refractivity contribution in [3.05, 3.63) is 35.4 Å². The second-order valence-corrected chi connectivity index (χ2v) is 4.87. The molecule has 0 aliphatic heterocycles. The van der Waals surface area contributed by atoms with Gasteiger partial charge in [-0.1, -0.05) is 19.9 Å². The zero-order chi connectivity index (χ0) is 15.8. The van der Waals surface area contributed by atoms with Crippen LogP contribution in [0.5, 0.6) is 0 Å². The quantitative estimate of drug-likeness (QED) is 0.736. The van der Waals surface area contributed by atoms with Gasteiger partial charge in [0, 0.05) is 13.1 Å². The van der Waals surface area contributed by atoms with Crippen molar-refractivity contribution in [1.29, 1.82) is 0 Å². The van der Waals surface area contributed by atoms with Crippen LogP contribution in [0.1, 0.15) is 37.6 Å². The topological polar surface area (TPSA) is 23.6 Å². The van der Waals surface area contributed by atoms with Gasteiger partial charge >= 0.3 is 0 Å². The lowest BCUT2D eigenvalue weighted by Gasteiger charge is -2.24. The molecular weight excluding hydrogens is 274 g/mol. The first-order valence-corrected chi connectivity index (χ1v) is 7.50. The monoisotopic (exact) mass is 298 g/mol. The van der Waals surface area contributed by atoms with E-state index in [1.807, 2.05) is 6.92 Å². The predicted octanol–water partition coefficient (Wildman–Crippen LogP) is 3.16. The number of carbonyl (C=O) groups is 1. The third-order valence-electron chi connectivity index (χ3n) is 3.65. The fraction of sp³-hybridized carbons (Fsp3) is 0.562. The minimum absolute atomic E-state index is 0.195. The van der Waals surface area contributed by atoms with Crippen molar-refractivity contribution >= 4 is 5.91 Å². The Labute approximate surface area is 125 Å². The minimum Gasteiger partial charge on any atom is -0.339 e. The van der Waals surface area contributed by atoms with Crippen LogP contribution in [0.4, 0.5) is 8.78 Å². The normalized spacial score (nSPS) is 11.0. The predicted molar refractivity (Wildman–Crippen MR) is 80.3 cm³/mol. The van der Waals surface area contributed by atoms with E-state index in [1.165, 1.54) is 12.1 Å². The van der Waals surface area contributed by atoms with Crippen molar-refractivity contribution in [1.82, 2.24) is 9.80 Å². The molecular formula is C16H24F2N2O. The molecule has 0 unspecified atom stereocenters. The summed E-state index contributed by atoms with van der Waals surface area (Å²) in [5.41, 5.74) is -0.195. The number of nitrogens with zero attached hydrogens (tertiary/aromatic N) is 2. The highest BCUT2D eigenvalue weighted by Gasteiger charge is 2.19. The average molecular weight is 298 g/mol. The van der Waals surface area contributed by atoms with E-state index < -0.39 is 17.5 Å². The number of hydrogen-bond donors (Lipinski definition) is 0. The van der Waals surface area contributed by atoms with Crippen molar-refractivity contribution in [2.45, 2.75) is 27.2 Å². The first kappa shape index (κ1) is 17.6. The molecule has 0 aromatic heterocycles. The molecule has 1 aromatic carbocycles. The summed E-state index contributed by atoms with van der Waals surface area (Å²) in [7, 11) is 0. The summed E-state index contributed by atoms with van der Waals surface area (Å²) < 4.78 is 26.9. The highest BCUT2D eigenvalue weighted by atomic mass is 19.2. The SMILES string of the molecule is CCN(CC)CCCN(CC)C(=O)c1cccc(F)c1F. The van der Waals surface area contributed by atoms with Gasteiger partial charge in [0.25, 0.3) is 5.91 Å². The van der Waals surface area contributed by atoms with E-state index in [-0.39, 0.29) is 5.56 Å². The summed E-state index contributed by atoms with van der Waals surface area (Å²) in [5.74, 6) is -2.50. The molecule has 0 aliphatic rings. The molecule has 0 radical (unpaired) electrons. The molecule has 1 amide bonds. The van der Waals surface area contributed by atoms with Gasteiger partial charge in [-0.2, -0.15) is 0 Å². The van der Waals surface area contributed by atoms with Crippen LogP contribution in [-0.2, 0) is 0 Å². The molecule has 0 bridgehead atoms. The van der Waals surface area contributed by atoms with E-state index >= 15 is 0 Å². The van der Waals surface area contributed by atoms with Crippen LogP contribution in [0.25, 0.3) is 0 Å². The van der Waals surface area contributed by atoms with Gasteiger partial charge in [0.1, 0.15) is 0 Å². The molecule has 118 valence electrons. The molecule has 21 heavy (non-hydrogen) atoms. The summed E-state index contributed by atoms with van der Waals surface area (Å²) in [6, 6.07) is 3.70. The summed E-state index contributed by atoms with van der Waals surface area (Å²) in [6.07, 6.45) is 0.818. The molecule has 0 aliphatic carbocycles. The van der Waals surface area contributed by atoms with E-state index in [0.29, 0.717) is 13.1 Å². The molecule has 1 aromatic rings. The summed E-state index contributed by atoms with van der Waals surface area (Å²) >= 11 is 0. The molecule has 0 N–H and O–H groups in total. The number of hydrogen-bond acceptors (Lipinski definition) is 2. The number of carbonyl (C=O) groups excluding carboxylic acids is 1. The Morgan fingerprint density at radius 3 is 2.29 bits per heavy atom. The van der Waals surface area contributed by atoms with E-state index in [2.05, 4.69) is 18.7 Å². The lowest BCUT2D eigenvalue weighted by molar-refractivity contribution is 0.0751. The van der Waals surface area contributed by atoms with Gasteiger partial charge in [-0.25, -0.2) is 8.78 Å². The highest BCUT2D eigenvalue weighted by molar-refractivity contribution is 5.94. The largest absolute Gasteiger partial charge is 0.339 e. The molecule has 3 nitrogen and oxygen atoms in total. The summed E-state index contributed by atoms with van der Waals surface area (Å²) in [5, 5.41) is 0. The third kappa shape index (κ3) is 4.77. The molecule has 0 fully saturated rings. The Morgan fingerprint density at radius 2 is 1.71 bits per heavy atom. The average Bonchev–Trinajstić information content (AvgIpc) is 2.50. The maximum absolute atomic E-state index is 13.7. The third-order valence-corrected chi connectivity index (χ3v) is 3.65. The number of halogens is 2. The first-order chi connectivity index (χ1) is 10.0. The van der Waals surface area contributed by atoms with Crippen LogP contribution in [0.15, 0.2) is 18.2 Å². The Morgan fingerprint density at radius 1 is 1.05 bits per heavy atom. The lowest BCUT2D eigenvalue weighted by atomic mass is 10.1. The Hall–Kier alpha value is -1.49. The van der Waals surface area contributed by atoms with E-state index in [9.17, 15) is 13.6 Å². The first-order valence-electron chi connectivity index (χ1n) is 7.50.